The van der Waals surface area contributed by atoms with Crippen LogP contribution in [-0.4, -0.2) is 20.4 Å². The molecule has 162 valence electrons. The van der Waals surface area contributed by atoms with Gasteiger partial charge < -0.3 is 10.1 Å². The SMILES string of the molecule is Cc1cccc(OC(C)C(=O)Nc2ccc(C)c(S(=O)(=O)Nc3ccccc3F)c2)c1. The highest BCUT2D eigenvalue weighted by atomic mass is 32.2. The van der Waals surface area contributed by atoms with Crippen molar-refractivity contribution in [3.63, 3.8) is 0 Å². The van der Waals surface area contributed by atoms with Crippen LogP contribution in [0, 0.1) is 19.7 Å². The Morgan fingerprint density at radius 1 is 1.00 bits per heavy atom. The van der Waals surface area contributed by atoms with Gasteiger partial charge in [-0.3, -0.25) is 9.52 Å². The Morgan fingerprint density at radius 2 is 1.74 bits per heavy atom. The summed E-state index contributed by atoms with van der Waals surface area (Å²) in [6.45, 7) is 5.13. The van der Waals surface area contributed by atoms with Gasteiger partial charge in [0, 0.05) is 5.69 Å². The van der Waals surface area contributed by atoms with E-state index in [1.807, 2.05) is 25.1 Å². The number of amides is 1. The van der Waals surface area contributed by atoms with E-state index in [9.17, 15) is 17.6 Å². The Balaban J connectivity index is 1.77. The minimum absolute atomic E-state index is 0.0687. The molecule has 2 N–H and O–H groups in total. The third-order valence-electron chi connectivity index (χ3n) is 4.54. The molecule has 1 amide bonds. The maximum absolute atomic E-state index is 13.9. The summed E-state index contributed by atoms with van der Waals surface area (Å²) in [7, 11) is -4.07. The second-order valence-electron chi connectivity index (χ2n) is 7.13. The molecule has 1 unspecified atom stereocenters. The van der Waals surface area contributed by atoms with Crippen molar-refractivity contribution in [1.29, 1.82) is 0 Å². The molecular formula is C23H23FN2O4S. The van der Waals surface area contributed by atoms with Crippen LogP contribution in [0.3, 0.4) is 0 Å². The number of halogens is 1. The first-order chi connectivity index (χ1) is 14.7. The zero-order chi connectivity index (χ0) is 22.6. The number of sulfonamides is 1. The van der Waals surface area contributed by atoms with Crippen LogP contribution in [0.25, 0.3) is 0 Å². The van der Waals surface area contributed by atoms with Crippen molar-refractivity contribution in [1.82, 2.24) is 0 Å². The van der Waals surface area contributed by atoms with Gasteiger partial charge in [0.25, 0.3) is 15.9 Å². The first kappa shape index (κ1) is 22.3. The van der Waals surface area contributed by atoms with E-state index in [1.165, 1.54) is 24.3 Å². The first-order valence-electron chi connectivity index (χ1n) is 9.58. The number of benzene rings is 3. The smallest absolute Gasteiger partial charge is 0.265 e. The average molecular weight is 443 g/mol. The van der Waals surface area contributed by atoms with Crippen molar-refractivity contribution < 1.29 is 22.3 Å². The normalized spacial score (nSPS) is 12.1. The maximum Gasteiger partial charge on any atom is 0.265 e. The number of hydrogen-bond donors (Lipinski definition) is 2. The number of hydrogen-bond acceptors (Lipinski definition) is 4. The van der Waals surface area contributed by atoms with Crippen LogP contribution in [0.4, 0.5) is 15.8 Å². The number of nitrogens with one attached hydrogen (secondary N) is 2. The second-order valence-corrected chi connectivity index (χ2v) is 8.78. The fourth-order valence-electron chi connectivity index (χ4n) is 2.90. The summed E-state index contributed by atoms with van der Waals surface area (Å²) in [6.07, 6.45) is -0.806. The lowest BCUT2D eigenvalue weighted by molar-refractivity contribution is -0.122. The molecule has 0 aliphatic carbocycles. The number of anilines is 2. The predicted octanol–water partition coefficient (Wildman–Crippen LogP) is 4.65. The van der Waals surface area contributed by atoms with Gasteiger partial charge in [-0.15, -0.1) is 0 Å². The van der Waals surface area contributed by atoms with Gasteiger partial charge in [-0.2, -0.15) is 0 Å². The molecule has 3 aromatic carbocycles. The molecule has 0 aliphatic rings. The molecule has 0 saturated carbocycles. The minimum atomic E-state index is -4.07. The largest absolute Gasteiger partial charge is 0.481 e. The fraction of sp³-hybridized carbons (Fsp3) is 0.174. The van der Waals surface area contributed by atoms with Crippen molar-refractivity contribution in [2.75, 3.05) is 10.0 Å². The van der Waals surface area contributed by atoms with E-state index in [1.54, 1.807) is 32.0 Å². The summed E-state index contributed by atoms with van der Waals surface area (Å²) < 4.78 is 47.4. The van der Waals surface area contributed by atoms with Crippen LogP contribution in [0.5, 0.6) is 5.75 Å². The Kier molecular flexibility index (Phi) is 6.60. The molecule has 0 aliphatic heterocycles. The molecule has 0 spiro atoms. The van der Waals surface area contributed by atoms with E-state index in [-0.39, 0.29) is 16.3 Å². The molecule has 8 heteroatoms. The molecule has 6 nitrogen and oxygen atoms in total. The number of para-hydroxylation sites is 1. The third kappa shape index (κ3) is 5.61. The minimum Gasteiger partial charge on any atom is -0.481 e. The molecule has 0 heterocycles. The summed E-state index contributed by atoms with van der Waals surface area (Å²) in [6, 6.07) is 17.3. The Morgan fingerprint density at radius 3 is 2.45 bits per heavy atom. The second kappa shape index (κ2) is 9.18. The van der Waals surface area contributed by atoms with Gasteiger partial charge in [0.1, 0.15) is 11.6 Å². The van der Waals surface area contributed by atoms with E-state index in [4.69, 9.17) is 4.74 Å². The van der Waals surface area contributed by atoms with Crippen molar-refractivity contribution in [3.05, 3.63) is 83.7 Å². The van der Waals surface area contributed by atoms with Crippen molar-refractivity contribution in [2.45, 2.75) is 31.8 Å². The molecule has 3 rings (SSSR count). The lowest BCUT2D eigenvalue weighted by Crippen LogP contribution is -2.30. The van der Waals surface area contributed by atoms with Gasteiger partial charge >= 0.3 is 0 Å². The third-order valence-corrected chi connectivity index (χ3v) is 6.04. The van der Waals surface area contributed by atoms with E-state index in [0.717, 1.165) is 11.6 Å². The highest BCUT2D eigenvalue weighted by Gasteiger charge is 2.21. The van der Waals surface area contributed by atoms with Gasteiger partial charge in [-0.1, -0.05) is 30.3 Å². The average Bonchev–Trinajstić information content (AvgIpc) is 2.71. The molecule has 3 aromatic rings. The Bertz CT molecular complexity index is 1210. The van der Waals surface area contributed by atoms with Gasteiger partial charge in [-0.05, 0) is 68.3 Å². The number of ether oxygens (including phenoxy) is 1. The molecular weight excluding hydrogens is 419 g/mol. The monoisotopic (exact) mass is 442 g/mol. The van der Waals surface area contributed by atoms with Gasteiger partial charge in [0.2, 0.25) is 0 Å². The van der Waals surface area contributed by atoms with Crippen LogP contribution in [0.15, 0.2) is 71.6 Å². The molecule has 0 radical (unpaired) electrons. The standard InChI is InChI=1S/C23H23FN2O4S/c1-15-7-6-8-19(13-15)30-17(3)23(27)25-18-12-11-16(2)22(14-18)31(28,29)26-21-10-5-4-9-20(21)24/h4-14,17,26H,1-3H3,(H,25,27). The zero-order valence-electron chi connectivity index (χ0n) is 17.3. The van der Waals surface area contributed by atoms with Crippen molar-refractivity contribution in [2.24, 2.45) is 0 Å². The molecule has 0 saturated heterocycles. The van der Waals surface area contributed by atoms with Crippen LogP contribution >= 0.6 is 0 Å². The molecule has 0 fully saturated rings. The van der Waals surface area contributed by atoms with Crippen LogP contribution in [0.1, 0.15) is 18.1 Å². The molecule has 0 bridgehead atoms. The van der Waals surface area contributed by atoms with Crippen molar-refractivity contribution in [3.8, 4) is 5.75 Å². The summed E-state index contributed by atoms with van der Waals surface area (Å²) in [5.74, 6) is -0.560. The van der Waals surface area contributed by atoms with Crippen LogP contribution in [0.2, 0.25) is 0 Å². The van der Waals surface area contributed by atoms with Gasteiger partial charge in [-0.25, -0.2) is 12.8 Å². The number of carbonyl (C=O) groups excluding carboxylic acids is 1. The van der Waals surface area contributed by atoms with Gasteiger partial charge in [0.05, 0.1) is 10.6 Å². The van der Waals surface area contributed by atoms with Crippen LogP contribution < -0.4 is 14.8 Å². The van der Waals surface area contributed by atoms with E-state index in [0.29, 0.717) is 11.3 Å². The van der Waals surface area contributed by atoms with Crippen molar-refractivity contribution >= 4 is 27.3 Å². The van der Waals surface area contributed by atoms with E-state index < -0.39 is 27.9 Å². The number of carbonyl (C=O) groups is 1. The topological polar surface area (TPSA) is 84.5 Å². The number of rotatable bonds is 7. The predicted molar refractivity (Wildman–Crippen MR) is 118 cm³/mol. The molecule has 31 heavy (non-hydrogen) atoms. The molecule has 0 aromatic heterocycles. The Labute approximate surface area is 181 Å². The zero-order valence-corrected chi connectivity index (χ0v) is 18.2. The quantitative estimate of drug-likeness (QED) is 0.558. The Hall–Kier alpha value is -3.39. The summed E-state index contributed by atoms with van der Waals surface area (Å²) >= 11 is 0. The summed E-state index contributed by atoms with van der Waals surface area (Å²) in [4.78, 5) is 12.5. The maximum atomic E-state index is 13.9. The highest BCUT2D eigenvalue weighted by molar-refractivity contribution is 7.92. The summed E-state index contributed by atoms with van der Waals surface area (Å²) in [5.41, 5.74) is 1.58. The highest BCUT2D eigenvalue weighted by Crippen LogP contribution is 2.24. The lowest BCUT2D eigenvalue weighted by Gasteiger charge is -2.16. The van der Waals surface area contributed by atoms with E-state index >= 15 is 0 Å². The van der Waals surface area contributed by atoms with Gasteiger partial charge in [0.15, 0.2) is 6.10 Å². The number of aryl methyl sites for hydroxylation is 2. The van der Waals surface area contributed by atoms with E-state index in [2.05, 4.69) is 10.0 Å². The molecule has 1 atom stereocenters. The fourth-order valence-corrected chi connectivity index (χ4v) is 4.24. The summed E-state index contributed by atoms with van der Waals surface area (Å²) in [5, 5.41) is 2.66. The lowest BCUT2D eigenvalue weighted by atomic mass is 10.2. The van der Waals surface area contributed by atoms with Crippen LogP contribution in [-0.2, 0) is 14.8 Å². The first-order valence-corrected chi connectivity index (χ1v) is 11.1.